The van der Waals surface area contributed by atoms with Gasteiger partial charge in [0.2, 0.25) is 0 Å². The molecule has 4 rings (SSSR count). The normalized spacial score (nSPS) is 11.5. The zero-order chi connectivity index (χ0) is 22.7. The first-order chi connectivity index (χ1) is 15.3. The summed E-state index contributed by atoms with van der Waals surface area (Å²) in [4.78, 5) is 24.0. The Bertz CT molecular complexity index is 1190. The highest BCUT2D eigenvalue weighted by molar-refractivity contribution is 7.17. The zero-order valence-corrected chi connectivity index (χ0v) is 17.8. The van der Waals surface area contributed by atoms with Crippen LogP contribution in [0.15, 0.2) is 71.6 Å². The molecule has 5 nitrogen and oxygen atoms in total. The van der Waals surface area contributed by atoms with E-state index in [0.29, 0.717) is 33.4 Å². The summed E-state index contributed by atoms with van der Waals surface area (Å²) >= 11 is 1.16. The van der Waals surface area contributed by atoms with Crippen molar-refractivity contribution in [2.45, 2.75) is 26.2 Å². The Hall–Kier alpha value is -3.46. The van der Waals surface area contributed by atoms with Gasteiger partial charge in [0.1, 0.15) is 15.6 Å². The lowest BCUT2D eigenvalue weighted by Crippen LogP contribution is -2.30. The van der Waals surface area contributed by atoms with Crippen LogP contribution in [0.2, 0.25) is 0 Å². The van der Waals surface area contributed by atoms with Gasteiger partial charge in [0.15, 0.2) is 0 Å². The van der Waals surface area contributed by atoms with E-state index in [4.69, 9.17) is 4.42 Å². The highest BCUT2D eigenvalue weighted by Gasteiger charge is 2.30. The molecule has 0 saturated heterocycles. The van der Waals surface area contributed by atoms with E-state index in [1.165, 1.54) is 12.1 Å². The van der Waals surface area contributed by atoms with Crippen molar-refractivity contribution in [2.75, 3.05) is 0 Å². The van der Waals surface area contributed by atoms with E-state index < -0.39 is 11.7 Å². The number of rotatable bonds is 6. The Labute approximate surface area is 186 Å². The SMILES string of the molecule is Cc1nc(-c2ccc(C(F)(F)F)cc2)sc1C(=O)N(Cc1cccnc1)Cc1ccco1. The summed E-state index contributed by atoms with van der Waals surface area (Å²) in [6.45, 7) is 2.29. The number of aryl methyl sites for hydroxylation is 1. The van der Waals surface area contributed by atoms with E-state index in [1.54, 1.807) is 48.7 Å². The molecule has 3 aromatic heterocycles. The van der Waals surface area contributed by atoms with Crippen molar-refractivity contribution in [1.82, 2.24) is 14.9 Å². The molecule has 0 N–H and O–H groups in total. The van der Waals surface area contributed by atoms with E-state index >= 15 is 0 Å². The molecule has 0 radical (unpaired) electrons. The number of halogens is 3. The van der Waals surface area contributed by atoms with Crippen molar-refractivity contribution >= 4 is 17.2 Å². The van der Waals surface area contributed by atoms with Crippen molar-refractivity contribution in [3.05, 3.63) is 94.6 Å². The maximum atomic E-state index is 13.4. The summed E-state index contributed by atoms with van der Waals surface area (Å²) in [5, 5.41) is 0.485. The van der Waals surface area contributed by atoms with Crippen LogP contribution in [0.3, 0.4) is 0 Å². The first kappa shape index (κ1) is 21.8. The molecule has 3 heterocycles. The number of thiazole rings is 1. The number of amides is 1. The Morgan fingerprint density at radius 1 is 1.09 bits per heavy atom. The second-order valence-corrected chi connectivity index (χ2v) is 8.11. The number of carbonyl (C=O) groups is 1. The van der Waals surface area contributed by atoms with E-state index in [1.807, 2.05) is 6.07 Å². The molecule has 0 spiro atoms. The molecule has 32 heavy (non-hydrogen) atoms. The standard InChI is InChI=1S/C23H18F3N3O2S/c1-15-20(32-21(28-15)17-6-8-18(9-7-17)23(24,25)26)22(30)29(14-19-5-3-11-31-19)13-16-4-2-10-27-12-16/h2-12H,13-14H2,1H3. The predicted octanol–water partition coefficient (Wildman–Crippen LogP) is 5.97. The Balaban J connectivity index is 1.61. The van der Waals surface area contributed by atoms with Gasteiger partial charge in [-0.1, -0.05) is 18.2 Å². The van der Waals surface area contributed by atoms with Gasteiger partial charge in [-0.15, -0.1) is 11.3 Å². The second kappa shape index (κ2) is 8.96. The van der Waals surface area contributed by atoms with Gasteiger partial charge in [0, 0.05) is 24.5 Å². The molecule has 1 amide bonds. The maximum absolute atomic E-state index is 13.4. The van der Waals surface area contributed by atoms with Crippen LogP contribution >= 0.6 is 11.3 Å². The average molecular weight is 457 g/mol. The molecule has 1 aromatic carbocycles. The third-order valence-electron chi connectivity index (χ3n) is 4.76. The van der Waals surface area contributed by atoms with Crippen molar-refractivity contribution < 1.29 is 22.4 Å². The number of hydrogen-bond acceptors (Lipinski definition) is 5. The molecule has 0 aliphatic carbocycles. The lowest BCUT2D eigenvalue weighted by atomic mass is 10.1. The molecular formula is C23H18F3N3O2S. The van der Waals surface area contributed by atoms with Crippen LogP contribution in [0.5, 0.6) is 0 Å². The van der Waals surface area contributed by atoms with Crippen LogP contribution in [0.25, 0.3) is 10.6 Å². The highest BCUT2D eigenvalue weighted by Crippen LogP contribution is 2.33. The number of nitrogens with zero attached hydrogens (tertiary/aromatic N) is 3. The lowest BCUT2D eigenvalue weighted by molar-refractivity contribution is -0.137. The van der Waals surface area contributed by atoms with Gasteiger partial charge in [-0.2, -0.15) is 13.2 Å². The number of aromatic nitrogens is 2. The smallest absolute Gasteiger partial charge is 0.416 e. The van der Waals surface area contributed by atoms with E-state index in [0.717, 1.165) is 29.0 Å². The molecule has 164 valence electrons. The largest absolute Gasteiger partial charge is 0.467 e. The maximum Gasteiger partial charge on any atom is 0.416 e. The molecule has 9 heteroatoms. The van der Waals surface area contributed by atoms with Crippen LogP contribution in [0.4, 0.5) is 13.2 Å². The van der Waals surface area contributed by atoms with E-state index in [2.05, 4.69) is 9.97 Å². The first-order valence-corrected chi connectivity index (χ1v) is 10.5. The minimum atomic E-state index is -4.41. The van der Waals surface area contributed by atoms with Gasteiger partial charge in [0.25, 0.3) is 5.91 Å². The number of alkyl halides is 3. The average Bonchev–Trinajstić information content (AvgIpc) is 3.43. The van der Waals surface area contributed by atoms with Crippen molar-refractivity contribution in [1.29, 1.82) is 0 Å². The molecule has 0 bridgehead atoms. The van der Waals surface area contributed by atoms with Crippen LogP contribution < -0.4 is 0 Å². The van der Waals surface area contributed by atoms with Gasteiger partial charge >= 0.3 is 6.18 Å². The number of furan rings is 1. The number of pyridine rings is 1. The zero-order valence-electron chi connectivity index (χ0n) is 17.0. The minimum absolute atomic E-state index is 0.238. The van der Waals surface area contributed by atoms with Crippen molar-refractivity contribution in [2.24, 2.45) is 0 Å². The van der Waals surface area contributed by atoms with E-state index in [9.17, 15) is 18.0 Å². The molecule has 0 atom stereocenters. The van der Waals surface area contributed by atoms with Crippen LogP contribution in [0.1, 0.15) is 32.3 Å². The summed E-state index contributed by atoms with van der Waals surface area (Å²) in [6.07, 6.45) is 0.487. The number of hydrogen-bond donors (Lipinski definition) is 0. The second-order valence-electron chi connectivity index (χ2n) is 7.11. The Morgan fingerprint density at radius 3 is 2.50 bits per heavy atom. The summed E-state index contributed by atoms with van der Waals surface area (Å²) < 4.78 is 43.9. The van der Waals surface area contributed by atoms with Gasteiger partial charge < -0.3 is 9.32 Å². The van der Waals surface area contributed by atoms with Crippen LogP contribution in [-0.2, 0) is 19.3 Å². The molecule has 0 saturated carbocycles. The topological polar surface area (TPSA) is 59.2 Å². The summed E-state index contributed by atoms with van der Waals surface area (Å²) in [6, 6.07) is 12.0. The predicted molar refractivity (Wildman–Crippen MR) is 114 cm³/mol. The molecule has 0 aliphatic heterocycles. The molecular weight excluding hydrogens is 439 g/mol. The molecule has 0 unspecified atom stereocenters. The van der Waals surface area contributed by atoms with Crippen LogP contribution in [0, 0.1) is 6.92 Å². The number of carbonyl (C=O) groups excluding carboxylic acids is 1. The van der Waals surface area contributed by atoms with Gasteiger partial charge in [-0.05, 0) is 42.8 Å². The van der Waals surface area contributed by atoms with Gasteiger partial charge in [-0.3, -0.25) is 9.78 Å². The Kier molecular flexibility index (Phi) is 6.09. The number of benzene rings is 1. The van der Waals surface area contributed by atoms with Gasteiger partial charge in [-0.25, -0.2) is 4.98 Å². The highest BCUT2D eigenvalue weighted by atomic mass is 32.1. The minimum Gasteiger partial charge on any atom is -0.467 e. The van der Waals surface area contributed by atoms with Crippen LogP contribution in [-0.4, -0.2) is 20.8 Å². The molecule has 4 aromatic rings. The third-order valence-corrected chi connectivity index (χ3v) is 5.95. The summed E-state index contributed by atoms with van der Waals surface area (Å²) in [7, 11) is 0. The first-order valence-electron chi connectivity index (χ1n) is 9.67. The van der Waals surface area contributed by atoms with Crippen molar-refractivity contribution in [3.8, 4) is 10.6 Å². The summed E-state index contributed by atoms with van der Waals surface area (Å²) in [5.41, 5.74) is 1.17. The molecule has 0 fully saturated rings. The fourth-order valence-electron chi connectivity index (χ4n) is 3.17. The summed E-state index contributed by atoms with van der Waals surface area (Å²) in [5.74, 6) is 0.394. The Morgan fingerprint density at radius 2 is 1.88 bits per heavy atom. The van der Waals surface area contributed by atoms with Crippen molar-refractivity contribution in [3.63, 3.8) is 0 Å². The van der Waals surface area contributed by atoms with Gasteiger partial charge in [0.05, 0.1) is 24.1 Å². The monoisotopic (exact) mass is 457 g/mol. The fraction of sp³-hybridized carbons (Fsp3) is 0.174. The lowest BCUT2D eigenvalue weighted by Gasteiger charge is -2.21. The third kappa shape index (κ3) is 4.88. The molecule has 0 aliphatic rings. The van der Waals surface area contributed by atoms with E-state index in [-0.39, 0.29) is 12.5 Å². The quantitative estimate of drug-likeness (QED) is 0.358. The fourth-order valence-corrected chi connectivity index (χ4v) is 4.21.